The zero-order valence-electron chi connectivity index (χ0n) is 15.5. The highest BCUT2D eigenvalue weighted by Gasteiger charge is 2.59. The van der Waals surface area contributed by atoms with E-state index in [9.17, 15) is 13.0 Å². The summed E-state index contributed by atoms with van der Waals surface area (Å²) in [7, 11) is -4.29. The van der Waals surface area contributed by atoms with E-state index in [1.165, 1.54) is 17.7 Å². The van der Waals surface area contributed by atoms with Gasteiger partial charge < -0.3 is 9.64 Å². The third-order valence-corrected chi connectivity index (χ3v) is 6.33. The predicted octanol–water partition coefficient (Wildman–Crippen LogP) is 3.93. The molecule has 0 bridgehead atoms. The van der Waals surface area contributed by atoms with Gasteiger partial charge in [-0.15, -0.1) is 0 Å². The van der Waals surface area contributed by atoms with Gasteiger partial charge in [0.1, 0.15) is 11.4 Å². The van der Waals surface area contributed by atoms with Crippen LogP contribution in [0.4, 0.5) is 11.4 Å². The molecule has 2 heterocycles. The van der Waals surface area contributed by atoms with E-state index in [2.05, 4.69) is 42.8 Å². The fourth-order valence-corrected chi connectivity index (χ4v) is 4.57. The van der Waals surface area contributed by atoms with E-state index in [1.54, 1.807) is 12.3 Å². The average molecular weight is 386 g/mol. The van der Waals surface area contributed by atoms with E-state index < -0.39 is 15.8 Å². The number of benzene rings is 2. The van der Waals surface area contributed by atoms with Gasteiger partial charge in [-0.3, -0.25) is 9.55 Å². The molecule has 142 valence electrons. The van der Waals surface area contributed by atoms with Crippen LogP contribution in [-0.2, 0) is 15.5 Å². The number of para-hydroxylation sites is 1. The minimum absolute atomic E-state index is 0.197. The van der Waals surface area contributed by atoms with Crippen molar-refractivity contribution in [3.05, 3.63) is 48.0 Å². The van der Waals surface area contributed by atoms with Crippen LogP contribution in [0.15, 0.2) is 52.4 Å². The van der Waals surface area contributed by atoms with Crippen molar-refractivity contribution in [3.8, 4) is 5.75 Å². The molecule has 0 saturated carbocycles. The normalized spacial score (nSPS) is 22.4. The fraction of sp³-hybridized carbons (Fsp3) is 0.350. The van der Waals surface area contributed by atoms with Crippen LogP contribution in [0.2, 0.25) is 0 Å². The van der Waals surface area contributed by atoms with Crippen LogP contribution in [0.25, 0.3) is 0 Å². The van der Waals surface area contributed by atoms with Crippen LogP contribution in [0.5, 0.6) is 5.75 Å². The lowest BCUT2D eigenvalue weighted by molar-refractivity contribution is 0.0775. The first kappa shape index (κ1) is 18.0. The first-order valence-electron chi connectivity index (χ1n) is 8.93. The summed E-state index contributed by atoms with van der Waals surface area (Å²) >= 11 is 0. The summed E-state index contributed by atoms with van der Waals surface area (Å²) in [6.45, 7) is 7.18. The van der Waals surface area contributed by atoms with Crippen molar-refractivity contribution in [1.29, 1.82) is 0 Å². The summed E-state index contributed by atoms with van der Waals surface area (Å²) in [6, 6.07) is 12.5. The highest BCUT2D eigenvalue weighted by Crippen LogP contribution is 2.54. The van der Waals surface area contributed by atoms with Crippen LogP contribution in [0.1, 0.15) is 32.8 Å². The highest BCUT2D eigenvalue weighted by molar-refractivity contribution is 7.85. The van der Waals surface area contributed by atoms with Crippen molar-refractivity contribution in [3.63, 3.8) is 0 Å². The lowest BCUT2D eigenvalue weighted by Crippen LogP contribution is -2.62. The second-order valence-electron chi connectivity index (χ2n) is 7.46. The molecule has 0 fully saturated rings. The molecule has 1 unspecified atom stereocenters. The minimum atomic E-state index is -4.29. The number of fused-ring (bicyclic) bond motifs is 2. The largest absolute Gasteiger partial charge is 0.459 e. The molecule has 1 atom stereocenters. The van der Waals surface area contributed by atoms with Crippen molar-refractivity contribution < 1.29 is 17.7 Å². The van der Waals surface area contributed by atoms with Gasteiger partial charge in [0.2, 0.25) is 5.72 Å². The lowest BCUT2D eigenvalue weighted by Gasteiger charge is -2.46. The van der Waals surface area contributed by atoms with Crippen LogP contribution in [0, 0.1) is 0 Å². The molecule has 2 aliphatic rings. The number of hydrogen-bond acceptors (Lipinski definition) is 5. The Labute approximate surface area is 159 Å². The maximum Gasteiger partial charge on any atom is 0.294 e. The molecule has 2 aromatic rings. The minimum Gasteiger partial charge on any atom is -0.459 e. The Morgan fingerprint density at radius 3 is 2.63 bits per heavy atom. The zero-order valence-corrected chi connectivity index (χ0v) is 16.3. The van der Waals surface area contributed by atoms with Gasteiger partial charge in [0.15, 0.2) is 0 Å². The number of rotatable bonds is 3. The Bertz CT molecular complexity index is 1050. The summed E-state index contributed by atoms with van der Waals surface area (Å²) < 4.78 is 38.6. The Balaban J connectivity index is 1.86. The lowest BCUT2D eigenvalue weighted by atomic mass is 9.77. The molecule has 0 radical (unpaired) electrons. The molecule has 0 aromatic heterocycles. The SMILES string of the molecule is CCCN1c2ccccc2C(C)(C)C12C=Nc1cc(S(=O)(=O)O)ccc1O2. The number of aliphatic imine (C=N–C) groups is 1. The Hall–Kier alpha value is -2.38. The molecule has 0 aliphatic carbocycles. The number of ether oxygens (including phenoxy) is 1. The van der Waals surface area contributed by atoms with Crippen molar-refractivity contribution in [2.75, 3.05) is 11.4 Å². The second kappa shape index (κ2) is 5.81. The first-order valence-corrected chi connectivity index (χ1v) is 10.4. The Morgan fingerprint density at radius 1 is 1.19 bits per heavy atom. The average Bonchev–Trinajstić information content (AvgIpc) is 2.80. The molecule has 1 N–H and O–H groups in total. The van der Waals surface area contributed by atoms with Gasteiger partial charge in [0.05, 0.1) is 16.5 Å². The Morgan fingerprint density at radius 2 is 1.93 bits per heavy atom. The van der Waals surface area contributed by atoms with E-state index >= 15 is 0 Å². The number of anilines is 1. The summed E-state index contributed by atoms with van der Waals surface area (Å²) in [5.74, 6) is 0.492. The van der Waals surface area contributed by atoms with Crippen molar-refractivity contribution in [2.45, 2.75) is 43.2 Å². The van der Waals surface area contributed by atoms with Crippen LogP contribution in [-0.4, -0.2) is 31.5 Å². The van der Waals surface area contributed by atoms with Gasteiger partial charge in [0.25, 0.3) is 10.1 Å². The van der Waals surface area contributed by atoms with Gasteiger partial charge in [-0.25, -0.2) is 0 Å². The maximum absolute atomic E-state index is 11.4. The van der Waals surface area contributed by atoms with E-state index in [0.29, 0.717) is 11.4 Å². The van der Waals surface area contributed by atoms with Gasteiger partial charge in [-0.1, -0.05) is 25.1 Å². The maximum atomic E-state index is 11.4. The number of hydrogen-bond donors (Lipinski definition) is 1. The third kappa shape index (κ3) is 2.49. The van der Waals surface area contributed by atoms with E-state index in [0.717, 1.165) is 18.7 Å². The molecule has 0 saturated heterocycles. The van der Waals surface area contributed by atoms with Crippen LogP contribution >= 0.6 is 0 Å². The van der Waals surface area contributed by atoms with Crippen LogP contribution < -0.4 is 9.64 Å². The van der Waals surface area contributed by atoms with E-state index in [4.69, 9.17) is 4.74 Å². The third-order valence-electron chi connectivity index (χ3n) is 5.48. The molecule has 1 spiro atoms. The standard InChI is InChI=1S/C20H22N2O4S/c1-4-11-22-17-8-6-5-7-15(17)19(2,3)20(22)13-21-16-12-14(27(23,24)25)9-10-18(16)26-20/h5-10,12-13H,4,11H2,1-3H3,(H,23,24,25). The van der Waals surface area contributed by atoms with Gasteiger partial charge in [-0.05, 0) is 50.1 Å². The smallest absolute Gasteiger partial charge is 0.294 e. The van der Waals surface area contributed by atoms with Crippen molar-refractivity contribution in [2.24, 2.45) is 4.99 Å². The predicted molar refractivity (Wildman–Crippen MR) is 105 cm³/mol. The van der Waals surface area contributed by atoms with Crippen LogP contribution in [0.3, 0.4) is 0 Å². The summed E-state index contributed by atoms with van der Waals surface area (Å²) in [5.41, 5.74) is 1.51. The molecular weight excluding hydrogens is 364 g/mol. The van der Waals surface area contributed by atoms with E-state index in [1.807, 2.05) is 12.1 Å². The summed E-state index contributed by atoms with van der Waals surface area (Å²) in [5, 5.41) is 0. The number of nitrogens with zero attached hydrogens (tertiary/aromatic N) is 2. The monoisotopic (exact) mass is 386 g/mol. The molecular formula is C20H22N2O4S. The second-order valence-corrected chi connectivity index (χ2v) is 8.88. The molecule has 0 amide bonds. The van der Waals surface area contributed by atoms with Gasteiger partial charge >= 0.3 is 0 Å². The Kier molecular flexibility index (Phi) is 3.87. The topological polar surface area (TPSA) is 79.2 Å². The van der Waals surface area contributed by atoms with Crippen molar-refractivity contribution >= 4 is 27.7 Å². The highest BCUT2D eigenvalue weighted by atomic mass is 32.2. The molecule has 2 aliphatic heterocycles. The zero-order chi connectivity index (χ0) is 19.4. The summed E-state index contributed by atoms with van der Waals surface area (Å²) in [4.78, 5) is 6.58. The van der Waals surface area contributed by atoms with Crippen molar-refractivity contribution in [1.82, 2.24) is 0 Å². The molecule has 4 rings (SSSR count). The van der Waals surface area contributed by atoms with Gasteiger partial charge in [-0.2, -0.15) is 8.42 Å². The quantitative estimate of drug-likeness (QED) is 0.809. The molecule has 2 aromatic carbocycles. The fourth-order valence-electron chi connectivity index (χ4n) is 4.07. The van der Waals surface area contributed by atoms with E-state index in [-0.39, 0.29) is 10.3 Å². The molecule has 27 heavy (non-hydrogen) atoms. The summed E-state index contributed by atoms with van der Waals surface area (Å²) in [6.07, 6.45) is 2.71. The molecule has 6 nitrogen and oxygen atoms in total. The van der Waals surface area contributed by atoms with Gasteiger partial charge in [0, 0.05) is 12.2 Å². The molecule has 7 heteroatoms. The first-order chi connectivity index (χ1) is 12.7.